The van der Waals surface area contributed by atoms with E-state index >= 15 is 0 Å². The largest absolute Gasteiger partial charge is 0.316 e. The van der Waals surface area contributed by atoms with Gasteiger partial charge in [0, 0.05) is 12.1 Å². The van der Waals surface area contributed by atoms with E-state index in [1.54, 1.807) is 0 Å². The van der Waals surface area contributed by atoms with E-state index in [9.17, 15) is 8.78 Å². The smallest absolute Gasteiger partial charge is 0.129 e. The molecule has 1 aromatic carbocycles. The van der Waals surface area contributed by atoms with Crippen LogP contribution in [-0.2, 0) is 6.42 Å². The summed E-state index contributed by atoms with van der Waals surface area (Å²) in [6.45, 7) is 8.06. The van der Waals surface area contributed by atoms with Gasteiger partial charge in [-0.05, 0) is 43.4 Å². The molecular formula is C16H25F2N. The SMILES string of the molecule is CCCNCC(C)(CCC)Cc1c(F)cccc1F. The van der Waals surface area contributed by atoms with Gasteiger partial charge in [0.15, 0.2) is 0 Å². The van der Waals surface area contributed by atoms with Gasteiger partial charge in [-0.25, -0.2) is 8.78 Å². The Morgan fingerprint density at radius 2 is 1.74 bits per heavy atom. The first kappa shape index (κ1) is 16.1. The van der Waals surface area contributed by atoms with Gasteiger partial charge in [-0.2, -0.15) is 0 Å². The van der Waals surface area contributed by atoms with Gasteiger partial charge in [0.25, 0.3) is 0 Å². The van der Waals surface area contributed by atoms with Gasteiger partial charge in [0.2, 0.25) is 0 Å². The first-order chi connectivity index (χ1) is 9.02. The average Bonchev–Trinajstić information content (AvgIpc) is 2.35. The van der Waals surface area contributed by atoms with Gasteiger partial charge < -0.3 is 5.32 Å². The fraction of sp³-hybridized carbons (Fsp3) is 0.625. The van der Waals surface area contributed by atoms with Crippen molar-refractivity contribution in [3.8, 4) is 0 Å². The lowest BCUT2D eigenvalue weighted by Crippen LogP contribution is -2.34. The van der Waals surface area contributed by atoms with Crippen LogP contribution in [0.5, 0.6) is 0 Å². The maximum absolute atomic E-state index is 13.7. The minimum atomic E-state index is -0.433. The number of hydrogen-bond acceptors (Lipinski definition) is 1. The summed E-state index contributed by atoms with van der Waals surface area (Å²) in [6.07, 6.45) is 3.48. The highest BCUT2D eigenvalue weighted by Gasteiger charge is 2.26. The van der Waals surface area contributed by atoms with Crippen LogP contribution in [0.3, 0.4) is 0 Å². The summed E-state index contributed by atoms with van der Waals surface area (Å²) in [7, 11) is 0. The Morgan fingerprint density at radius 1 is 1.11 bits per heavy atom. The lowest BCUT2D eigenvalue weighted by Gasteiger charge is -2.30. The normalized spacial score (nSPS) is 14.4. The van der Waals surface area contributed by atoms with Gasteiger partial charge in [-0.1, -0.05) is 33.3 Å². The van der Waals surface area contributed by atoms with E-state index in [1.807, 2.05) is 0 Å². The van der Waals surface area contributed by atoms with E-state index in [1.165, 1.54) is 18.2 Å². The number of nitrogens with one attached hydrogen (secondary N) is 1. The summed E-state index contributed by atoms with van der Waals surface area (Å²) < 4.78 is 27.5. The molecule has 0 aliphatic rings. The molecule has 0 radical (unpaired) electrons. The molecule has 0 spiro atoms. The molecule has 0 fully saturated rings. The molecule has 0 aromatic heterocycles. The molecule has 0 bridgehead atoms. The number of benzene rings is 1. The molecule has 1 aromatic rings. The Labute approximate surface area is 115 Å². The summed E-state index contributed by atoms with van der Waals surface area (Å²) in [6, 6.07) is 4.09. The molecule has 108 valence electrons. The van der Waals surface area contributed by atoms with Gasteiger partial charge in [-0.15, -0.1) is 0 Å². The first-order valence-corrected chi connectivity index (χ1v) is 7.16. The molecule has 3 heteroatoms. The molecule has 0 amide bonds. The quantitative estimate of drug-likeness (QED) is 0.693. The summed E-state index contributed by atoms with van der Waals surface area (Å²) in [5.74, 6) is -0.865. The Hall–Kier alpha value is -0.960. The minimum absolute atomic E-state index is 0.104. The van der Waals surface area contributed by atoms with E-state index in [2.05, 4.69) is 26.1 Å². The zero-order valence-electron chi connectivity index (χ0n) is 12.2. The molecule has 0 heterocycles. The van der Waals surface area contributed by atoms with Crippen molar-refractivity contribution >= 4 is 0 Å². The van der Waals surface area contributed by atoms with Crippen molar-refractivity contribution in [1.29, 1.82) is 0 Å². The highest BCUT2D eigenvalue weighted by molar-refractivity contribution is 5.21. The third-order valence-electron chi connectivity index (χ3n) is 3.50. The van der Waals surface area contributed by atoms with Gasteiger partial charge >= 0.3 is 0 Å². The molecule has 1 N–H and O–H groups in total. The lowest BCUT2D eigenvalue weighted by molar-refractivity contribution is 0.269. The predicted octanol–water partition coefficient (Wildman–Crippen LogP) is 4.31. The Kier molecular flexibility index (Phi) is 6.43. The second-order valence-corrected chi connectivity index (χ2v) is 5.61. The molecule has 0 saturated carbocycles. The van der Waals surface area contributed by atoms with Crippen LogP contribution >= 0.6 is 0 Å². The maximum atomic E-state index is 13.7. The molecule has 0 saturated heterocycles. The molecular weight excluding hydrogens is 244 g/mol. The van der Waals surface area contributed by atoms with Crippen LogP contribution in [-0.4, -0.2) is 13.1 Å². The Morgan fingerprint density at radius 3 is 2.26 bits per heavy atom. The summed E-state index contributed by atoms with van der Waals surface area (Å²) >= 11 is 0. The molecule has 1 atom stereocenters. The average molecular weight is 269 g/mol. The molecule has 0 aliphatic carbocycles. The number of hydrogen-bond donors (Lipinski definition) is 1. The van der Waals surface area contributed by atoms with E-state index in [4.69, 9.17) is 0 Å². The number of rotatable bonds is 8. The lowest BCUT2D eigenvalue weighted by atomic mass is 9.79. The highest BCUT2D eigenvalue weighted by atomic mass is 19.1. The van der Waals surface area contributed by atoms with Crippen LogP contribution in [0.4, 0.5) is 8.78 Å². The van der Waals surface area contributed by atoms with Crippen molar-refractivity contribution in [2.24, 2.45) is 5.41 Å². The molecule has 1 rings (SSSR count). The van der Waals surface area contributed by atoms with Crippen LogP contribution in [0.15, 0.2) is 18.2 Å². The first-order valence-electron chi connectivity index (χ1n) is 7.16. The maximum Gasteiger partial charge on any atom is 0.129 e. The van der Waals surface area contributed by atoms with Crippen molar-refractivity contribution in [1.82, 2.24) is 5.32 Å². The van der Waals surface area contributed by atoms with Crippen molar-refractivity contribution < 1.29 is 8.78 Å². The van der Waals surface area contributed by atoms with Gasteiger partial charge in [0.05, 0.1) is 0 Å². The van der Waals surface area contributed by atoms with Crippen LogP contribution < -0.4 is 5.32 Å². The molecule has 1 unspecified atom stereocenters. The predicted molar refractivity (Wildman–Crippen MR) is 76.2 cm³/mol. The monoisotopic (exact) mass is 269 g/mol. The fourth-order valence-corrected chi connectivity index (χ4v) is 2.54. The van der Waals surface area contributed by atoms with E-state index < -0.39 is 11.6 Å². The highest BCUT2D eigenvalue weighted by Crippen LogP contribution is 2.29. The summed E-state index contributed by atoms with van der Waals surface area (Å²) in [5.41, 5.74) is 0.115. The molecule has 0 aliphatic heterocycles. The number of halogens is 2. The second kappa shape index (κ2) is 7.59. The van der Waals surface area contributed by atoms with Crippen molar-refractivity contribution in [2.45, 2.75) is 46.5 Å². The Balaban J connectivity index is 2.82. The van der Waals surface area contributed by atoms with Crippen LogP contribution in [0, 0.1) is 17.0 Å². The second-order valence-electron chi connectivity index (χ2n) is 5.61. The summed E-state index contributed by atoms with van der Waals surface area (Å²) in [5, 5.41) is 3.37. The Bertz CT molecular complexity index is 372. The van der Waals surface area contributed by atoms with Crippen molar-refractivity contribution in [2.75, 3.05) is 13.1 Å². The third kappa shape index (κ3) is 4.90. The zero-order valence-corrected chi connectivity index (χ0v) is 12.2. The molecule has 19 heavy (non-hydrogen) atoms. The van der Waals surface area contributed by atoms with Crippen LogP contribution in [0.2, 0.25) is 0 Å². The van der Waals surface area contributed by atoms with E-state index in [-0.39, 0.29) is 11.0 Å². The third-order valence-corrected chi connectivity index (χ3v) is 3.50. The van der Waals surface area contributed by atoms with Gasteiger partial charge in [0.1, 0.15) is 11.6 Å². The standard InChI is InChI=1S/C16H25F2N/c1-4-9-16(3,12-19-10-5-2)11-13-14(17)7-6-8-15(13)18/h6-8,19H,4-5,9-12H2,1-3H3. The zero-order chi connectivity index (χ0) is 14.3. The van der Waals surface area contributed by atoms with E-state index in [0.717, 1.165) is 32.4 Å². The minimum Gasteiger partial charge on any atom is -0.316 e. The van der Waals surface area contributed by atoms with E-state index in [0.29, 0.717) is 6.42 Å². The van der Waals surface area contributed by atoms with Crippen molar-refractivity contribution in [3.63, 3.8) is 0 Å². The topological polar surface area (TPSA) is 12.0 Å². The van der Waals surface area contributed by atoms with Crippen molar-refractivity contribution in [3.05, 3.63) is 35.4 Å². The molecule has 1 nitrogen and oxygen atoms in total. The fourth-order valence-electron chi connectivity index (χ4n) is 2.54. The van der Waals surface area contributed by atoms with Gasteiger partial charge in [-0.3, -0.25) is 0 Å². The summed E-state index contributed by atoms with van der Waals surface area (Å²) in [4.78, 5) is 0. The van der Waals surface area contributed by atoms with Crippen LogP contribution in [0.1, 0.15) is 45.6 Å². The van der Waals surface area contributed by atoms with Crippen LogP contribution in [0.25, 0.3) is 0 Å².